The summed E-state index contributed by atoms with van der Waals surface area (Å²) in [5.41, 5.74) is 0.543. The number of hydrogen-bond donors (Lipinski definition) is 2. The maximum Gasteiger partial charge on any atom is 0.220 e. The van der Waals surface area contributed by atoms with Crippen molar-refractivity contribution in [3.05, 3.63) is 30.1 Å². The lowest BCUT2D eigenvalue weighted by Gasteiger charge is -2.23. The van der Waals surface area contributed by atoms with Crippen molar-refractivity contribution in [1.82, 2.24) is 10.3 Å². The third-order valence-electron chi connectivity index (χ3n) is 2.26. The molecule has 0 spiro atoms. The fourth-order valence-corrected chi connectivity index (χ4v) is 1.29. The van der Waals surface area contributed by atoms with Gasteiger partial charge in [-0.1, -0.05) is 0 Å². The summed E-state index contributed by atoms with van der Waals surface area (Å²) >= 11 is 0. The van der Waals surface area contributed by atoms with Gasteiger partial charge < -0.3 is 10.4 Å². The van der Waals surface area contributed by atoms with Gasteiger partial charge in [-0.25, -0.2) is 0 Å². The number of nitrogens with one attached hydrogen (secondary N) is 1. The van der Waals surface area contributed by atoms with E-state index in [-0.39, 0.29) is 12.5 Å². The molecule has 1 rings (SSSR count). The number of carbonyl (C=O) groups is 1. The van der Waals surface area contributed by atoms with Gasteiger partial charge >= 0.3 is 0 Å². The molecule has 0 saturated carbocycles. The zero-order valence-corrected chi connectivity index (χ0v) is 9.73. The van der Waals surface area contributed by atoms with E-state index in [1.807, 2.05) is 12.1 Å². The van der Waals surface area contributed by atoms with Crippen LogP contribution in [-0.4, -0.2) is 28.1 Å². The maximum atomic E-state index is 11.6. The Morgan fingerprint density at radius 2 is 2.06 bits per heavy atom. The van der Waals surface area contributed by atoms with Gasteiger partial charge in [-0.3, -0.25) is 9.78 Å². The third-order valence-corrected chi connectivity index (χ3v) is 2.26. The minimum atomic E-state index is -0.546. The van der Waals surface area contributed by atoms with Gasteiger partial charge in [0.25, 0.3) is 0 Å². The average molecular weight is 222 g/mol. The van der Waals surface area contributed by atoms with E-state index in [9.17, 15) is 4.79 Å². The molecule has 4 nitrogen and oxygen atoms in total. The SMILES string of the molecule is CC(C)(CO)NC(=O)CCc1ccncc1. The second kappa shape index (κ2) is 5.61. The molecule has 16 heavy (non-hydrogen) atoms. The number of aliphatic hydroxyl groups is 1. The van der Waals surface area contributed by atoms with E-state index in [1.54, 1.807) is 26.2 Å². The van der Waals surface area contributed by atoms with E-state index >= 15 is 0 Å². The first-order valence-electron chi connectivity index (χ1n) is 5.34. The summed E-state index contributed by atoms with van der Waals surface area (Å²) in [7, 11) is 0. The lowest BCUT2D eigenvalue weighted by molar-refractivity contribution is -0.123. The third kappa shape index (κ3) is 4.40. The maximum absolute atomic E-state index is 11.6. The number of carbonyl (C=O) groups excluding carboxylic acids is 1. The summed E-state index contributed by atoms with van der Waals surface area (Å²) in [6, 6.07) is 3.79. The van der Waals surface area contributed by atoms with Gasteiger partial charge in [-0.2, -0.15) is 0 Å². The van der Waals surface area contributed by atoms with Crippen molar-refractivity contribution in [2.75, 3.05) is 6.61 Å². The van der Waals surface area contributed by atoms with Crippen LogP contribution in [-0.2, 0) is 11.2 Å². The van der Waals surface area contributed by atoms with Crippen molar-refractivity contribution in [2.45, 2.75) is 32.2 Å². The number of aryl methyl sites for hydroxylation is 1. The van der Waals surface area contributed by atoms with Crippen LogP contribution < -0.4 is 5.32 Å². The molecule has 0 aromatic carbocycles. The van der Waals surface area contributed by atoms with Gasteiger partial charge in [0, 0.05) is 18.8 Å². The molecule has 1 aromatic rings. The molecule has 0 bridgehead atoms. The normalized spacial score (nSPS) is 11.2. The number of rotatable bonds is 5. The molecule has 0 aliphatic rings. The monoisotopic (exact) mass is 222 g/mol. The van der Waals surface area contributed by atoms with Crippen LogP contribution in [0.2, 0.25) is 0 Å². The second-order valence-corrected chi connectivity index (χ2v) is 4.45. The van der Waals surface area contributed by atoms with Crippen molar-refractivity contribution >= 4 is 5.91 Å². The quantitative estimate of drug-likeness (QED) is 0.778. The van der Waals surface area contributed by atoms with Gasteiger partial charge in [-0.15, -0.1) is 0 Å². The highest BCUT2D eigenvalue weighted by Gasteiger charge is 2.18. The highest BCUT2D eigenvalue weighted by atomic mass is 16.3. The summed E-state index contributed by atoms with van der Waals surface area (Å²) < 4.78 is 0. The molecule has 0 fully saturated rings. The van der Waals surface area contributed by atoms with E-state index in [0.717, 1.165) is 5.56 Å². The van der Waals surface area contributed by atoms with Gasteiger partial charge in [0.1, 0.15) is 0 Å². The Kier molecular flexibility index (Phi) is 4.43. The van der Waals surface area contributed by atoms with Crippen LogP contribution in [0.15, 0.2) is 24.5 Å². The number of hydrogen-bond acceptors (Lipinski definition) is 3. The minimum absolute atomic E-state index is 0.0455. The van der Waals surface area contributed by atoms with Gasteiger partial charge in [-0.05, 0) is 38.0 Å². The van der Waals surface area contributed by atoms with Crippen molar-refractivity contribution in [2.24, 2.45) is 0 Å². The van der Waals surface area contributed by atoms with Gasteiger partial charge in [0.15, 0.2) is 0 Å². The Morgan fingerprint density at radius 3 is 2.62 bits per heavy atom. The summed E-state index contributed by atoms with van der Waals surface area (Å²) in [5, 5.41) is 11.8. The molecule has 0 aliphatic carbocycles. The molecule has 0 saturated heterocycles. The fraction of sp³-hybridized carbons (Fsp3) is 0.500. The molecule has 0 aliphatic heterocycles. The molecule has 0 unspecified atom stereocenters. The highest BCUT2D eigenvalue weighted by molar-refractivity contribution is 5.76. The number of aliphatic hydroxyl groups excluding tert-OH is 1. The number of amides is 1. The molecular weight excluding hydrogens is 204 g/mol. The topological polar surface area (TPSA) is 62.2 Å². The van der Waals surface area contributed by atoms with Crippen LogP contribution >= 0.6 is 0 Å². The Bertz CT molecular complexity index is 336. The van der Waals surface area contributed by atoms with E-state index in [2.05, 4.69) is 10.3 Å². The summed E-state index contributed by atoms with van der Waals surface area (Å²) in [5.74, 6) is -0.0455. The Hall–Kier alpha value is -1.42. The van der Waals surface area contributed by atoms with Gasteiger partial charge in [0.2, 0.25) is 5.91 Å². The summed E-state index contributed by atoms with van der Waals surface area (Å²) in [4.78, 5) is 15.5. The predicted molar refractivity (Wildman–Crippen MR) is 61.9 cm³/mol. The molecule has 0 atom stereocenters. The van der Waals surface area contributed by atoms with Crippen LogP contribution in [0.25, 0.3) is 0 Å². The van der Waals surface area contributed by atoms with Crippen molar-refractivity contribution in [3.8, 4) is 0 Å². The van der Waals surface area contributed by atoms with Crippen LogP contribution in [0.4, 0.5) is 0 Å². The molecule has 1 heterocycles. The predicted octanol–water partition coefficient (Wildman–Crippen LogP) is 0.901. The lowest BCUT2D eigenvalue weighted by atomic mass is 10.1. The molecular formula is C12H18N2O2. The van der Waals surface area contributed by atoms with E-state index in [1.165, 1.54) is 0 Å². The van der Waals surface area contributed by atoms with Crippen LogP contribution in [0.3, 0.4) is 0 Å². The number of aromatic nitrogens is 1. The summed E-state index contributed by atoms with van der Waals surface area (Å²) in [6.45, 7) is 3.52. The molecule has 4 heteroatoms. The minimum Gasteiger partial charge on any atom is -0.394 e. The molecule has 1 aromatic heterocycles. The fourth-order valence-electron chi connectivity index (χ4n) is 1.29. The van der Waals surface area contributed by atoms with E-state index in [0.29, 0.717) is 12.8 Å². The molecule has 0 radical (unpaired) electrons. The Morgan fingerprint density at radius 1 is 1.44 bits per heavy atom. The molecule has 2 N–H and O–H groups in total. The number of nitrogens with zero attached hydrogens (tertiary/aromatic N) is 1. The van der Waals surface area contributed by atoms with E-state index in [4.69, 9.17) is 5.11 Å². The zero-order valence-electron chi connectivity index (χ0n) is 9.73. The Balaban J connectivity index is 2.36. The Labute approximate surface area is 95.7 Å². The zero-order chi connectivity index (χ0) is 12.0. The smallest absolute Gasteiger partial charge is 0.220 e. The van der Waals surface area contributed by atoms with Crippen LogP contribution in [0, 0.1) is 0 Å². The van der Waals surface area contributed by atoms with Gasteiger partial charge in [0.05, 0.1) is 12.1 Å². The first-order valence-corrected chi connectivity index (χ1v) is 5.34. The van der Waals surface area contributed by atoms with Crippen LogP contribution in [0.5, 0.6) is 0 Å². The lowest BCUT2D eigenvalue weighted by Crippen LogP contribution is -2.46. The second-order valence-electron chi connectivity index (χ2n) is 4.45. The van der Waals surface area contributed by atoms with Crippen molar-refractivity contribution in [3.63, 3.8) is 0 Å². The van der Waals surface area contributed by atoms with Crippen molar-refractivity contribution < 1.29 is 9.90 Å². The molecule has 1 amide bonds. The first-order chi connectivity index (χ1) is 7.53. The summed E-state index contributed by atoms with van der Waals surface area (Å²) in [6.07, 6.45) is 4.54. The average Bonchev–Trinajstić information content (AvgIpc) is 2.27. The van der Waals surface area contributed by atoms with Crippen molar-refractivity contribution in [1.29, 1.82) is 0 Å². The van der Waals surface area contributed by atoms with E-state index < -0.39 is 5.54 Å². The largest absolute Gasteiger partial charge is 0.394 e. The highest BCUT2D eigenvalue weighted by Crippen LogP contribution is 2.04. The first kappa shape index (κ1) is 12.6. The standard InChI is InChI=1S/C12H18N2O2/c1-12(2,9-15)14-11(16)4-3-10-5-7-13-8-6-10/h5-8,15H,3-4,9H2,1-2H3,(H,14,16). The number of pyridine rings is 1. The van der Waals surface area contributed by atoms with Crippen LogP contribution in [0.1, 0.15) is 25.8 Å². The molecule has 88 valence electrons.